The summed E-state index contributed by atoms with van der Waals surface area (Å²) in [5.41, 5.74) is 1.90. The molecule has 0 spiro atoms. The zero-order chi connectivity index (χ0) is 17.1. The predicted molar refractivity (Wildman–Crippen MR) is 99.8 cm³/mol. The molecule has 3 rings (SSSR count). The van der Waals surface area contributed by atoms with Crippen molar-refractivity contribution in [3.8, 4) is 5.75 Å². The van der Waals surface area contributed by atoms with E-state index in [0.717, 1.165) is 16.9 Å². The summed E-state index contributed by atoms with van der Waals surface area (Å²) in [5.74, 6) is 1.37. The van der Waals surface area contributed by atoms with Crippen molar-refractivity contribution in [3.05, 3.63) is 63.6 Å². The highest BCUT2D eigenvalue weighted by atomic mass is 35.5. The number of amides is 1. The number of para-hydroxylation sites is 1. The van der Waals surface area contributed by atoms with E-state index in [1.54, 1.807) is 23.9 Å². The molecule has 1 aliphatic heterocycles. The van der Waals surface area contributed by atoms with Crippen LogP contribution in [0.25, 0.3) is 0 Å². The molecule has 0 radical (unpaired) electrons. The lowest BCUT2D eigenvalue weighted by Gasteiger charge is -2.26. The highest BCUT2D eigenvalue weighted by Crippen LogP contribution is 2.43. The van der Waals surface area contributed by atoms with Crippen molar-refractivity contribution in [2.24, 2.45) is 0 Å². The van der Waals surface area contributed by atoms with Gasteiger partial charge in [0, 0.05) is 22.2 Å². The first-order chi connectivity index (χ1) is 11.6. The van der Waals surface area contributed by atoms with Gasteiger partial charge >= 0.3 is 0 Å². The van der Waals surface area contributed by atoms with Crippen molar-refractivity contribution in [3.63, 3.8) is 0 Å². The van der Waals surface area contributed by atoms with Crippen LogP contribution in [0.1, 0.15) is 23.4 Å². The van der Waals surface area contributed by atoms with Crippen molar-refractivity contribution in [2.45, 2.75) is 18.8 Å². The molecule has 1 atom stereocenters. The van der Waals surface area contributed by atoms with E-state index >= 15 is 0 Å². The van der Waals surface area contributed by atoms with Crippen molar-refractivity contribution < 1.29 is 9.53 Å². The van der Waals surface area contributed by atoms with Crippen LogP contribution in [-0.2, 0) is 11.3 Å². The van der Waals surface area contributed by atoms with E-state index in [4.69, 9.17) is 27.9 Å². The van der Waals surface area contributed by atoms with Gasteiger partial charge in [-0.25, -0.2) is 0 Å². The summed E-state index contributed by atoms with van der Waals surface area (Å²) < 4.78 is 5.73. The SMILES string of the molecule is CCOc1ccccc1C1SCC(=O)N1Cc1ccc(Cl)cc1Cl. The van der Waals surface area contributed by atoms with E-state index in [2.05, 4.69) is 0 Å². The highest BCUT2D eigenvalue weighted by Gasteiger charge is 2.34. The van der Waals surface area contributed by atoms with E-state index in [1.807, 2.05) is 42.2 Å². The zero-order valence-corrected chi connectivity index (χ0v) is 15.5. The fourth-order valence-electron chi connectivity index (χ4n) is 2.69. The third-order valence-corrected chi connectivity index (χ3v) is 5.63. The van der Waals surface area contributed by atoms with Crippen LogP contribution in [-0.4, -0.2) is 23.2 Å². The normalized spacial score (nSPS) is 17.4. The third kappa shape index (κ3) is 3.66. The highest BCUT2D eigenvalue weighted by molar-refractivity contribution is 8.00. The first-order valence-corrected chi connectivity index (χ1v) is 9.47. The lowest BCUT2D eigenvalue weighted by Crippen LogP contribution is -2.28. The summed E-state index contributed by atoms with van der Waals surface area (Å²) >= 11 is 13.8. The maximum atomic E-state index is 12.4. The zero-order valence-electron chi connectivity index (χ0n) is 13.2. The second kappa shape index (κ2) is 7.68. The Morgan fingerprint density at radius 1 is 1.25 bits per heavy atom. The number of carbonyl (C=O) groups excluding carboxylic acids is 1. The molecule has 2 aromatic carbocycles. The fraction of sp³-hybridized carbons (Fsp3) is 0.278. The second-order valence-corrected chi connectivity index (χ2v) is 7.30. The number of halogens is 2. The Morgan fingerprint density at radius 2 is 2.04 bits per heavy atom. The Kier molecular flexibility index (Phi) is 5.59. The molecule has 6 heteroatoms. The van der Waals surface area contributed by atoms with E-state index in [9.17, 15) is 4.79 Å². The fourth-order valence-corrected chi connectivity index (χ4v) is 4.37. The molecule has 0 bridgehead atoms. The quantitative estimate of drug-likeness (QED) is 0.715. The molecule has 0 saturated carbocycles. The van der Waals surface area contributed by atoms with E-state index in [0.29, 0.717) is 28.9 Å². The number of ether oxygens (including phenoxy) is 1. The Balaban J connectivity index is 1.90. The summed E-state index contributed by atoms with van der Waals surface area (Å²) in [6.07, 6.45) is 0. The van der Waals surface area contributed by atoms with Crippen LogP contribution in [0.3, 0.4) is 0 Å². The van der Waals surface area contributed by atoms with E-state index in [1.165, 1.54) is 0 Å². The number of rotatable bonds is 5. The van der Waals surface area contributed by atoms with Gasteiger partial charge < -0.3 is 9.64 Å². The molecule has 1 fully saturated rings. The molecular weight excluding hydrogens is 365 g/mol. The Bertz CT molecular complexity index is 754. The Hall–Kier alpha value is -1.36. The van der Waals surface area contributed by atoms with Crippen molar-refractivity contribution >= 4 is 40.9 Å². The number of hydrogen-bond donors (Lipinski definition) is 0. The average molecular weight is 382 g/mol. The van der Waals surface area contributed by atoms with Gasteiger partial charge in [-0.15, -0.1) is 11.8 Å². The van der Waals surface area contributed by atoms with Crippen LogP contribution in [0.15, 0.2) is 42.5 Å². The van der Waals surface area contributed by atoms with Gasteiger partial charge in [0.1, 0.15) is 11.1 Å². The van der Waals surface area contributed by atoms with Crippen LogP contribution in [0.4, 0.5) is 0 Å². The molecule has 1 aliphatic rings. The number of hydrogen-bond acceptors (Lipinski definition) is 3. The van der Waals surface area contributed by atoms with Crippen LogP contribution in [0.5, 0.6) is 5.75 Å². The average Bonchev–Trinajstić information content (AvgIpc) is 2.92. The van der Waals surface area contributed by atoms with Crippen LogP contribution in [0, 0.1) is 0 Å². The van der Waals surface area contributed by atoms with E-state index in [-0.39, 0.29) is 11.3 Å². The summed E-state index contributed by atoms with van der Waals surface area (Å²) in [5, 5.41) is 1.08. The first kappa shape index (κ1) is 17.5. The monoisotopic (exact) mass is 381 g/mol. The minimum atomic E-state index is -0.0769. The van der Waals surface area contributed by atoms with Crippen LogP contribution < -0.4 is 4.74 Å². The molecule has 2 aromatic rings. The molecule has 1 heterocycles. The molecule has 1 amide bonds. The van der Waals surface area contributed by atoms with Gasteiger partial charge in [0.25, 0.3) is 0 Å². The Labute approximate surface area is 155 Å². The molecule has 1 unspecified atom stereocenters. The van der Waals surface area contributed by atoms with Gasteiger partial charge in [-0.3, -0.25) is 4.79 Å². The largest absolute Gasteiger partial charge is 0.493 e. The topological polar surface area (TPSA) is 29.5 Å². The molecule has 1 saturated heterocycles. The van der Waals surface area contributed by atoms with Crippen LogP contribution >= 0.6 is 35.0 Å². The maximum absolute atomic E-state index is 12.4. The summed E-state index contributed by atoms with van der Waals surface area (Å²) in [4.78, 5) is 14.2. The van der Waals surface area contributed by atoms with Gasteiger partial charge in [-0.1, -0.05) is 47.5 Å². The minimum Gasteiger partial charge on any atom is -0.493 e. The molecule has 0 aliphatic carbocycles. The number of thioether (sulfide) groups is 1. The summed E-state index contributed by atoms with van der Waals surface area (Å²) in [6, 6.07) is 13.2. The third-order valence-electron chi connectivity index (χ3n) is 3.81. The van der Waals surface area contributed by atoms with E-state index < -0.39 is 0 Å². The molecule has 3 nitrogen and oxygen atoms in total. The van der Waals surface area contributed by atoms with Crippen LogP contribution in [0.2, 0.25) is 10.0 Å². The lowest BCUT2D eigenvalue weighted by atomic mass is 10.1. The standard InChI is InChI=1S/C18H17Cl2NO2S/c1-2-23-16-6-4-3-5-14(16)18-21(17(22)11-24-18)10-12-7-8-13(19)9-15(12)20/h3-9,18H,2,10-11H2,1H3. The number of carbonyl (C=O) groups is 1. The van der Waals surface area contributed by atoms with Gasteiger partial charge in [0.15, 0.2) is 0 Å². The smallest absolute Gasteiger partial charge is 0.234 e. The summed E-state index contributed by atoms with van der Waals surface area (Å²) in [7, 11) is 0. The molecule has 0 aromatic heterocycles. The maximum Gasteiger partial charge on any atom is 0.234 e. The lowest BCUT2D eigenvalue weighted by molar-refractivity contribution is -0.128. The second-order valence-electron chi connectivity index (χ2n) is 5.39. The van der Waals surface area contributed by atoms with Crippen molar-refractivity contribution in [1.29, 1.82) is 0 Å². The van der Waals surface area contributed by atoms with Gasteiger partial charge in [0.05, 0.1) is 12.4 Å². The van der Waals surface area contributed by atoms with Gasteiger partial charge in [-0.05, 0) is 30.7 Å². The number of benzene rings is 2. The van der Waals surface area contributed by atoms with Crippen molar-refractivity contribution in [2.75, 3.05) is 12.4 Å². The minimum absolute atomic E-state index is 0.0769. The predicted octanol–water partition coefficient (Wildman–Crippen LogP) is 5.17. The molecule has 126 valence electrons. The summed E-state index contributed by atoms with van der Waals surface area (Å²) in [6.45, 7) is 2.99. The Morgan fingerprint density at radius 3 is 2.79 bits per heavy atom. The molecular formula is C18H17Cl2NO2S. The van der Waals surface area contributed by atoms with Gasteiger partial charge in [-0.2, -0.15) is 0 Å². The van der Waals surface area contributed by atoms with Gasteiger partial charge in [0.2, 0.25) is 5.91 Å². The first-order valence-electron chi connectivity index (χ1n) is 7.67. The number of nitrogens with zero attached hydrogens (tertiary/aromatic N) is 1. The molecule has 24 heavy (non-hydrogen) atoms. The van der Waals surface area contributed by atoms with Crippen molar-refractivity contribution in [1.82, 2.24) is 4.90 Å². The molecule has 0 N–H and O–H groups in total.